The minimum Gasteiger partial charge on any atom is -0.461 e. The molecule has 0 aliphatic heterocycles. The Labute approximate surface area is 172 Å². The minimum absolute atomic E-state index is 0.200. The Morgan fingerprint density at radius 3 is 2.73 bits per heavy atom. The highest BCUT2D eigenvalue weighted by Gasteiger charge is 2.22. The van der Waals surface area contributed by atoms with Gasteiger partial charge in [0, 0.05) is 24.0 Å². The van der Waals surface area contributed by atoms with E-state index in [1.54, 1.807) is 36.9 Å². The highest BCUT2D eigenvalue weighted by atomic mass is 16.5. The van der Waals surface area contributed by atoms with Gasteiger partial charge in [-0.3, -0.25) is 14.5 Å². The number of pyridine rings is 1. The van der Waals surface area contributed by atoms with Gasteiger partial charge in [-0.15, -0.1) is 0 Å². The van der Waals surface area contributed by atoms with Crippen molar-refractivity contribution in [1.82, 2.24) is 25.2 Å². The Morgan fingerprint density at radius 2 is 1.97 bits per heavy atom. The van der Waals surface area contributed by atoms with Gasteiger partial charge >= 0.3 is 0 Å². The van der Waals surface area contributed by atoms with Gasteiger partial charge in [0.05, 0.1) is 30.2 Å². The zero-order chi connectivity index (χ0) is 20.3. The van der Waals surface area contributed by atoms with E-state index in [-0.39, 0.29) is 11.6 Å². The molecule has 0 unspecified atom stereocenters. The molecule has 5 rings (SSSR count). The van der Waals surface area contributed by atoms with E-state index in [4.69, 9.17) is 14.0 Å². The number of hydrogen-bond acceptors (Lipinski definition) is 6. The average molecular weight is 403 g/mol. The van der Waals surface area contributed by atoms with Gasteiger partial charge in [-0.25, -0.2) is 0 Å². The smallest absolute Gasteiger partial charge is 0.273 e. The summed E-state index contributed by atoms with van der Waals surface area (Å²) >= 11 is 0. The zero-order valence-electron chi connectivity index (χ0n) is 16.3. The largest absolute Gasteiger partial charge is 0.461 e. The predicted octanol–water partition coefficient (Wildman–Crippen LogP) is 4.24. The van der Waals surface area contributed by atoms with E-state index in [1.165, 1.54) is 12.8 Å². The highest BCUT2D eigenvalue weighted by molar-refractivity contribution is 5.92. The molecule has 0 spiro atoms. The quantitative estimate of drug-likeness (QED) is 0.517. The highest BCUT2D eigenvalue weighted by Crippen LogP contribution is 2.33. The fourth-order valence-electron chi connectivity index (χ4n) is 3.88. The van der Waals surface area contributed by atoms with Crippen molar-refractivity contribution in [3.05, 3.63) is 66.4 Å². The standard InChI is InChI=1S/C22H21N5O3/c28-22(18-13-21(30-26-18)20-6-3-11-29-20)24-14-16-12-19(15-7-9-23-10-8-15)27(25-16)17-4-1-2-5-17/h3,6-13,17H,1-2,4-5,14H2,(H,24,28). The van der Waals surface area contributed by atoms with Gasteiger partial charge in [-0.1, -0.05) is 18.0 Å². The molecule has 0 bridgehead atoms. The van der Waals surface area contributed by atoms with E-state index in [0.29, 0.717) is 24.1 Å². The topological polar surface area (TPSA) is 99.0 Å². The average Bonchev–Trinajstić information content (AvgIpc) is 3.57. The lowest BCUT2D eigenvalue weighted by Gasteiger charge is -2.14. The van der Waals surface area contributed by atoms with E-state index in [9.17, 15) is 4.79 Å². The van der Waals surface area contributed by atoms with Gasteiger partial charge in [0.25, 0.3) is 5.91 Å². The summed E-state index contributed by atoms with van der Waals surface area (Å²) in [5, 5.41) is 11.5. The second kappa shape index (κ2) is 7.98. The van der Waals surface area contributed by atoms with Crippen LogP contribution < -0.4 is 5.32 Å². The van der Waals surface area contributed by atoms with E-state index in [2.05, 4.69) is 20.1 Å². The molecule has 152 valence electrons. The van der Waals surface area contributed by atoms with Crippen molar-refractivity contribution in [2.45, 2.75) is 38.3 Å². The first-order valence-corrected chi connectivity index (χ1v) is 10.1. The number of carbonyl (C=O) groups excluding carboxylic acids is 1. The van der Waals surface area contributed by atoms with Gasteiger partial charge in [0.1, 0.15) is 0 Å². The molecule has 30 heavy (non-hydrogen) atoms. The number of furan rings is 1. The monoisotopic (exact) mass is 403 g/mol. The summed E-state index contributed by atoms with van der Waals surface area (Å²) in [6.45, 7) is 0.305. The second-order valence-corrected chi connectivity index (χ2v) is 7.38. The number of amides is 1. The van der Waals surface area contributed by atoms with Crippen LogP contribution in [0, 0.1) is 0 Å². The molecule has 0 atom stereocenters. The van der Waals surface area contributed by atoms with Gasteiger partial charge < -0.3 is 14.3 Å². The van der Waals surface area contributed by atoms with Crippen LogP contribution >= 0.6 is 0 Å². The first-order chi connectivity index (χ1) is 14.8. The molecular weight excluding hydrogens is 382 g/mol. The predicted molar refractivity (Wildman–Crippen MR) is 108 cm³/mol. The third-order valence-corrected chi connectivity index (χ3v) is 5.37. The van der Waals surface area contributed by atoms with Crippen molar-refractivity contribution in [3.8, 4) is 22.8 Å². The lowest BCUT2D eigenvalue weighted by molar-refractivity contribution is 0.0941. The Morgan fingerprint density at radius 1 is 1.13 bits per heavy atom. The second-order valence-electron chi connectivity index (χ2n) is 7.38. The van der Waals surface area contributed by atoms with Crippen LogP contribution in [-0.4, -0.2) is 25.8 Å². The maximum Gasteiger partial charge on any atom is 0.273 e. The van der Waals surface area contributed by atoms with E-state index in [0.717, 1.165) is 29.8 Å². The van der Waals surface area contributed by atoms with Crippen LogP contribution in [0.3, 0.4) is 0 Å². The molecule has 1 aliphatic rings. The lowest BCUT2D eigenvalue weighted by atomic mass is 10.1. The normalized spacial score (nSPS) is 14.3. The number of aromatic nitrogens is 4. The molecule has 1 amide bonds. The Hall–Kier alpha value is -3.68. The summed E-state index contributed by atoms with van der Waals surface area (Å²) in [5.74, 6) is 0.618. The molecule has 0 aromatic carbocycles. The third-order valence-electron chi connectivity index (χ3n) is 5.37. The number of rotatable bonds is 6. The third kappa shape index (κ3) is 3.63. The van der Waals surface area contributed by atoms with Crippen LogP contribution in [0.1, 0.15) is 47.9 Å². The van der Waals surface area contributed by atoms with Crippen molar-refractivity contribution in [2.24, 2.45) is 0 Å². The molecule has 1 aliphatic carbocycles. The van der Waals surface area contributed by atoms with Crippen molar-refractivity contribution in [3.63, 3.8) is 0 Å². The minimum atomic E-state index is -0.322. The molecule has 8 nitrogen and oxygen atoms in total. The SMILES string of the molecule is O=C(NCc1cc(-c2ccncc2)n(C2CCCC2)n1)c1cc(-c2ccco2)on1. The molecule has 4 heterocycles. The van der Waals surface area contributed by atoms with E-state index >= 15 is 0 Å². The summed E-state index contributed by atoms with van der Waals surface area (Å²) < 4.78 is 12.6. The van der Waals surface area contributed by atoms with Crippen LogP contribution in [0.25, 0.3) is 22.8 Å². The molecule has 4 aromatic rings. The zero-order valence-corrected chi connectivity index (χ0v) is 16.3. The van der Waals surface area contributed by atoms with Gasteiger partial charge in [0.15, 0.2) is 11.5 Å². The number of nitrogens with one attached hydrogen (secondary N) is 1. The maximum atomic E-state index is 12.5. The fourth-order valence-corrected chi connectivity index (χ4v) is 3.88. The van der Waals surface area contributed by atoms with Crippen LogP contribution in [0.2, 0.25) is 0 Å². The van der Waals surface area contributed by atoms with E-state index in [1.807, 2.05) is 18.2 Å². The number of carbonyl (C=O) groups is 1. The van der Waals surface area contributed by atoms with Crippen LogP contribution in [0.4, 0.5) is 0 Å². The summed E-state index contributed by atoms with van der Waals surface area (Å²) in [4.78, 5) is 16.6. The molecule has 1 fully saturated rings. The molecule has 4 aromatic heterocycles. The Bertz CT molecular complexity index is 1120. The maximum absolute atomic E-state index is 12.5. The summed E-state index contributed by atoms with van der Waals surface area (Å²) in [6, 6.07) is 11.5. The molecule has 1 N–H and O–H groups in total. The lowest BCUT2D eigenvalue weighted by Crippen LogP contribution is -2.23. The molecule has 0 radical (unpaired) electrons. The van der Waals surface area contributed by atoms with Crippen molar-refractivity contribution >= 4 is 5.91 Å². The molecule has 8 heteroatoms. The Balaban J connectivity index is 1.33. The number of hydrogen-bond donors (Lipinski definition) is 1. The molecular formula is C22H21N5O3. The summed E-state index contributed by atoms with van der Waals surface area (Å²) in [6.07, 6.45) is 9.79. The van der Waals surface area contributed by atoms with Crippen molar-refractivity contribution < 1.29 is 13.7 Å². The molecule has 0 saturated heterocycles. The van der Waals surface area contributed by atoms with Crippen LogP contribution in [0.15, 0.2) is 64.0 Å². The van der Waals surface area contributed by atoms with Crippen molar-refractivity contribution in [2.75, 3.05) is 0 Å². The number of nitrogens with zero attached hydrogens (tertiary/aromatic N) is 4. The van der Waals surface area contributed by atoms with Gasteiger partial charge in [-0.2, -0.15) is 5.10 Å². The first-order valence-electron chi connectivity index (χ1n) is 10.1. The van der Waals surface area contributed by atoms with Crippen LogP contribution in [-0.2, 0) is 6.54 Å². The summed E-state index contributed by atoms with van der Waals surface area (Å²) in [7, 11) is 0. The Kier molecular flexibility index (Phi) is 4.88. The molecule has 1 saturated carbocycles. The fraction of sp³-hybridized carbons (Fsp3) is 0.273. The first kappa shape index (κ1) is 18.4. The van der Waals surface area contributed by atoms with Crippen LogP contribution in [0.5, 0.6) is 0 Å². The van der Waals surface area contributed by atoms with Gasteiger partial charge in [0.2, 0.25) is 5.76 Å². The van der Waals surface area contributed by atoms with E-state index < -0.39 is 0 Å². The van der Waals surface area contributed by atoms with Gasteiger partial charge in [-0.05, 0) is 43.2 Å². The van der Waals surface area contributed by atoms with Crippen molar-refractivity contribution in [1.29, 1.82) is 0 Å². The summed E-state index contributed by atoms with van der Waals surface area (Å²) in [5.41, 5.74) is 3.12.